The summed E-state index contributed by atoms with van der Waals surface area (Å²) in [4.78, 5) is 13.2. The van der Waals surface area contributed by atoms with Crippen molar-refractivity contribution in [2.75, 3.05) is 5.75 Å². The lowest BCUT2D eigenvalue weighted by atomic mass is 9.75. The number of hydrogen-bond acceptors (Lipinski definition) is 2. The number of benzene rings is 1. The van der Waals surface area contributed by atoms with Crippen molar-refractivity contribution in [1.82, 2.24) is 0 Å². The minimum atomic E-state index is -0.231. The topological polar surface area (TPSA) is 17.1 Å². The van der Waals surface area contributed by atoms with Gasteiger partial charge in [0.05, 0.1) is 5.75 Å². The van der Waals surface area contributed by atoms with Crippen LogP contribution in [0.2, 0.25) is 0 Å². The van der Waals surface area contributed by atoms with Gasteiger partial charge in [-0.3, -0.25) is 4.79 Å². The normalized spacial score (nSPS) is 27.2. The van der Waals surface area contributed by atoms with E-state index in [4.69, 9.17) is 0 Å². The quantitative estimate of drug-likeness (QED) is 0.752. The average molecular weight is 280 g/mol. The van der Waals surface area contributed by atoms with Gasteiger partial charge in [-0.15, -0.1) is 11.8 Å². The van der Waals surface area contributed by atoms with Gasteiger partial charge in [-0.25, -0.2) is 4.39 Å². The second-order valence-corrected chi connectivity index (χ2v) is 6.87. The zero-order chi connectivity index (χ0) is 13.8. The summed E-state index contributed by atoms with van der Waals surface area (Å²) in [6, 6.07) is 6.36. The molecule has 104 valence electrons. The zero-order valence-corrected chi connectivity index (χ0v) is 12.4. The maximum absolute atomic E-state index is 12.8. The van der Waals surface area contributed by atoms with Crippen LogP contribution in [0.25, 0.3) is 0 Å². The van der Waals surface area contributed by atoms with Crippen molar-refractivity contribution in [3.8, 4) is 0 Å². The van der Waals surface area contributed by atoms with E-state index in [9.17, 15) is 9.18 Å². The second-order valence-electron chi connectivity index (χ2n) is 5.82. The number of hydrogen-bond donors (Lipinski definition) is 0. The number of Topliss-reactive ketones (excluding diaryl/α,β-unsaturated/α-hetero) is 1. The maximum Gasteiger partial charge on any atom is 0.146 e. The Kier molecular flexibility index (Phi) is 5.03. The molecule has 19 heavy (non-hydrogen) atoms. The van der Waals surface area contributed by atoms with E-state index in [1.165, 1.54) is 30.3 Å². The van der Waals surface area contributed by atoms with E-state index in [0.29, 0.717) is 23.4 Å². The minimum absolute atomic E-state index is 0.228. The van der Waals surface area contributed by atoms with Crippen LogP contribution in [0.1, 0.15) is 33.1 Å². The van der Waals surface area contributed by atoms with Gasteiger partial charge in [0.2, 0.25) is 0 Å². The SMILES string of the molecule is CC1CC(C)CC(C(=O)CSc2ccc(F)cc2)C1. The second kappa shape index (κ2) is 6.56. The Morgan fingerprint density at radius 2 is 1.74 bits per heavy atom. The van der Waals surface area contributed by atoms with Crippen LogP contribution in [0.5, 0.6) is 0 Å². The third-order valence-electron chi connectivity index (χ3n) is 3.83. The fourth-order valence-corrected chi connectivity index (χ4v) is 3.89. The first kappa shape index (κ1) is 14.6. The summed E-state index contributed by atoms with van der Waals surface area (Å²) in [5, 5.41) is 0. The van der Waals surface area contributed by atoms with E-state index >= 15 is 0 Å². The van der Waals surface area contributed by atoms with Gasteiger partial charge in [0.15, 0.2) is 0 Å². The Labute approximate surface area is 119 Å². The third-order valence-corrected chi connectivity index (χ3v) is 4.86. The van der Waals surface area contributed by atoms with Gasteiger partial charge in [0.25, 0.3) is 0 Å². The molecule has 2 atom stereocenters. The molecule has 1 aromatic carbocycles. The van der Waals surface area contributed by atoms with Crippen LogP contribution in [0.3, 0.4) is 0 Å². The van der Waals surface area contributed by atoms with Crippen LogP contribution >= 0.6 is 11.8 Å². The molecule has 0 spiro atoms. The third kappa shape index (κ3) is 4.34. The Morgan fingerprint density at radius 1 is 1.16 bits per heavy atom. The summed E-state index contributed by atoms with van der Waals surface area (Å²) in [5.41, 5.74) is 0. The molecule has 1 aliphatic rings. The summed E-state index contributed by atoms with van der Waals surface area (Å²) in [7, 11) is 0. The van der Waals surface area contributed by atoms with Crippen molar-refractivity contribution in [2.24, 2.45) is 17.8 Å². The lowest BCUT2D eigenvalue weighted by Gasteiger charge is -2.30. The fraction of sp³-hybridized carbons (Fsp3) is 0.562. The zero-order valence-electron chi connectivity index (χ0n) is 11.6. The summed E-state index contributed by atoms with van der Waals surface area (Å²) >= 11 is 1.52. The predicted molar refractivity (Wildman–Crippen MR) is 77.8 cm³/mol. The van der Waals surface area contributed by atoms with Gasteiger partial charge in [-0.05, 0) is 55.4 Å². The molecule has 1 aromatic rings. The molecule has 0 N–H and O–H groups in total. The highest BCUT2D eigenvalue weighted by atomic mass is 32.2. The Balaban J connectivity index is 1.85. The molecule has 3 heteroatoms. The van der Waals surface area contributed by atoms with Crippen molar-refractivity contribution in [2.45, 2.75) is 38.0 Å². The van der Waals surface area contributed by atoms with Crippen LogP contribution in [-0.2, 0) is 4.79 Å². The first-order valence-corrected chi connectivity index (χ1v) is 7.94. The molecule has 1 nitrogen and oxygen atoms in total. The van der Waals surface area contributed by atoms with Crippen molar-refractivity contribution in [3.63, 3.8) is 0 Å². The molecule has 0 amide bonds. The lowest BCUT2D eigenvalue weighted by Crippen LogP contribution is -2.27. The average Bonchev–Trinajstić information content (AvgIpc) is 2.36. The molecule has 1 aliphatic carbocycles. The summed E-state index contributed by atoms with van der Waals surface area (Å²) in [6.45, 7) is 4.48. The molecule has 0 radical (unpaired) electrons. The monoisotopic (exact) mass is 280 g/mol. The van der Waals surface area contributed by atoms with E-state index in [-0.39, 0.29) is 11.7 Å². The van der Waals surface area contributed by atoms with Gasteiger partial charge in [0, 0.05) is 10.8 Å². The molecule has 1 fully saturated rings. The van der Waals surface area contributed by atoms with Crippen LogP contribution in [0.4, 0.5) is 4.39 Å². The molecule has 2 rings (SSSR count). The molecule has 0 bridgehead atoms. The molecule has 1 saturated carbocycles. The van der Waals surface area contributed by atoms with Gasteiger partial charge in [0.1, 0.15) is 11.6 Å². The lowest BCUT2D eigenvalue weighted by molar-refractivity contribution is -0.122. The van der Waals surface area contributed by atoms with E-state index in [1.807, 2.05) is 0 Å². The van der Waals surface area contributed by atoms with Crippen molar-refractivity contribution < 1.29 is 9.18 Å². The van der Waals surface area contributed by atoms with Crippen LogP contribution in [0.15, 0.2) is 29.2 Å². The van der Waals surface area contributed by atoms with Gasteiger partial charge in [-0.1, -0.05) is 13.8 Å². The molecule has 0 heterocycles. The van der Waals surface area contributed by atoms with Crippen LogP contribution in [0, 0.1) is 23.6 Å². The Bertz CT molecular complexity index is 419. The van der Waals surface area contributed by atoms with E-state index in [1.54, 1.807) is 12.1 Å². The smallest absolute Gasteiger partial charge is 0.146 e. The summed E-state index contributed by atoms with van der Waals surface area (Å²) in [6.07, 6.45) is 3.31. The fourth-order valence-electron chi connectivity index (χ4n) is 3.01. The maximum atomic E-state index is 12.8. The van der Waals surface area contributed by atoms with Crippen molar-refractivity contribution in [1.29, 1.82) is 0 Å². The predicted octanol–water partition coefficient (Wildman–Crippen LogP) is 4.56. The summed E-state index contributed by atoms with van der Waals surface area (Å²) < 4.78 is 12.8. The highest BCUT2D eigenvalue weighted by Crippen LogP contribution is 2.34. The molecule has 0 aliphatic heterocycles. The van der Waals surface area contributed by atoms with Crippen molar-refractivity contribution in [3.05, 3.63) is 30.1 Å². The van der Waals surface area contributed by atoms with E-state index in [0.717, 1.165) is 17.7 Å². The molecule has 0 saturated heterocycles. The highest BCUT2D eigenvalue weighted by Gasteiger charge is 2.28. The van der Waals surface area contributed by atoms with Gasteiger partial charge < -0.3 is 0 Å². The molecular weight excluding hydrogens is 259 g/mol. The van der Waals surface area contributed by atoms with Gasteiger partial charge >= 0.3 is 0 Å². The Hall–Kier alpha value is -0.830. The first-order valence-electron chi connectivity index (χ1n) is 6.95. The largest absolute Gasteiger partial charge is 0.298 e. The highest BCUT2D eigenvalue weighted by molar-refractivity contribution is 8.00. The van der Waals surface area contributed by atoms with Crippen molar-refractivity contribution >= 4 is 17.5 Å². The molecule has 2 unspecified atom stereocenters. The van der Waals surface area contributed by atoms with E-state index in [2.05, 4.69) is 13.8 Å². The number of rotatable bonds is 4. The number of carbonyl (C=O) groups excluding carboxylic acids is 1. The Morgan fingerprint density at radius 3 is 2.32 bits per heavy atom. The van der Waals surface area contributed by atoms with Gasteiger partial charge in [-0.2, -0.15) is 0 Å². The number of halogens is 1. The van der Waals surface area contributed by atoms with Crippen LogP contribution < -0.4 is 0 Å². The minimum Gasteiger partial charge on any atom is -0.298 e. The van der Waals surface area contributed by atoms with Crippen LogP contribution in [-0.4, -0.2) is 11.5 Å². The first-order chi connectivity index (χ1) is 9.04. The van der Waals surface area contributed by atoms with E-state index < -0.39 is 0 Å². The number of thioether (sulfide) groups is 1. The standard InChI is InChI=1S/C16H21FOS/c1-11-7-12(2)9-13(8-11)16(18)10-19-15-5-3-14(17)4-6-15/h3-6,11-13H,7-10H2,1-2H3. The number of ketones is 1. The summed E-state index contributed by atoms with van der Waals surface area (Å²) in [5.74, 6) is 2.18. The molecule has 0 aromatic heterocycles. The number of carbonyl (C=O) groups is 1. The molecular formula is C16H21FOS.